The van der Waals surface area contributed by atoms with Gasteiger partial charge in [-0.25, -0.2) is 4.39 Å². The first kappa shape index (κ1) is 40.2. The van der Waals surface area contributed by atoms with Gasteiger partial charge < -0.3 is 55.3 Å². The molecule has 17 nitrogen and oxygen atoms in total. The highest BCUT2D eigenvalue weighted by molar-refractivity contribution is 7.23. The Labute approximate surface area is 302 Å². The van der Waals surface area contributed by atoms with Crippen LogP contribution in [0.5, 0.6) is 5.88 Å². The van der Waals surface area contributed by atoms with E-state index in [0.29, 0.717) is 23.2 Å². The van der Waals surface area contributed by atoms with Gasteiger partial charge in [0.25, 0.3) is 11.8 Å². The molecule has 1 aromatic carbocycles. The number of anilines is 1. The highest BCUT2D eigenvalue weighted by Gasteiger charge is 2.41. The number of halogens is 4. The van der Waals surface area contributed by atoms with Crippen molar-refractivity contribution in [3.8, 4) is 16.6 Å². The normalized spacial score (nSPS) is 20.2. The zero-order chi connectivity index (χ0) is 38.9. The van der Waals surface area contributed by atoms with Crippen molar-refractivity contribution in [3.63, 3.8) is 0 Å². The van der Waals surface area contributed by atoms with Gasteiger partial charge >= 0.3 is 18.5 Å². The molecule has 8 N–H and O–H groups in total. The highest BCUT2D eigenvalue weighted by atomic mass is 32.1. The minimum Gasteiger partial charge on any atom is -0.396 e. The van der Waals surface area contributed by atoms with Crippen LogP contribution in [0, 0.1) is 0 Å². The second-order valence-corrected chi connectivity index (χ2v) is 13.4. The molecule has 1 aliphatic rings. The number of benzene rings is 1. The number of carbonyl (C=O) groups excluding carboxylic acids is 1. The van der Waals surface area contributed by atoms with E-state index in [4.69, 9.17) is 19.8 Å². The summed E-state index contributed by atoms with van der Waals surface area (Å²) >= 11 is 0.977. The molecule has 4 atom stereocenters. The van der Waals surface area contributed by atoms with Gasteiger partial charge in [0.15, 0.2) is 0 Å². The number of aliphatic hydroxyl groups is 6. The van der Waals surface area contributed by atoms with Crippen molar-refractivity contribution >= 4 is 33.0 Å². The van der Waals surface area contributed by atoms with E-state index in [0.717, 1.165) is 28.6 Å². The van der Waals surface area contributed by atoms with Gasteiger partial charge in [0.05, 0.1) is 47.4 Å². The number of carbonyl (C=O) groups is 1. The maximum atomic E-state index is 15.8. The summed E-state index contributed by atoms with van der Waals surface area (Å²) in [5, 5.41) is 67.8. The van der Waals surface area contributed by atoms with Gasteiger partial charge in [0.1, 0.15) is 11.7 Å². The highest BCUT2D eigenvalue weighted by Crippen LogP contribution is 2.44. The summed E-state index contributed by atoms with van der Waals surface area (Å²) in [4.78, 5) is 19.3. The lowest BCUT2D eigenvalue weighted by Crippen LogP contribution is -2.57. The van der Waals surface area contributed by atoms with Gasteiger partial charge in [-0.15, -0.1) is 16.4 Å². The second kappa shape index (κ2) is 15.8. The molecule has 3 aromatic heterocycles. The van der Waals surface area contributed by atoms with Crippen molar-refractivity contribution in [1.82, 2.24) is 30.1 Å². The lowest BCUT2D eigenvalue weighted by Gasteiger charge is -2.45. The number of ether oxygens (including phenoxy) is 2. The third kappa shape index (κ3) is 9.96. The summed E-state index contributed by atoms with van der Waals surface area (Å²) in [5.74, 6) is -2.23. The first-order valence-corrected chi connectivity index (χ1v) is 17.2. The van der Waals surface area contributed by atoms with Crippen LogP contribution >= 0.6 is 11.3 Å². The Morgan fingerprint density at radius 3 is 2.49 bits per heavy atom. The maximum Gasteiger partial charge on any atom is 0.454 e. The summed E-state index contributed by atoms with van der Waals surface area (Å²) < 4.78 is 72.9. The Kier molecular flexibility index (Phi) is 12.0. The number of amides is 1. The Bertz CT molecular complexity index is 1870. The minimum atomic E-state index is -4.61. The van der Waals surface area contributed by atoms with Gasteiger partial charge in [-0.2, -0.15) is 18.2 Å². The van der Waals surface area contributed by atoms with Crippen LogP contribution in [0.25, 0.3) is 20.8 Å². The summed E-state index contributed by atoms with van der Waals surface area (Å²) in [7, 11) is 1.90. The van der Waals surface area contributed by atoms with E-state index in [2.05, 4.69) is 35.3 Å². The molecule has 0 aliphatic carbocycles. The SMILES string of the molecule is CCC1CC(Nc2cccc3c(CC(F)(F)F)c(-c4noc(CNC(=O)c5cn(CCOC(O)(O)O)nc5OC(O)(O)O)n4)sc23)C(F)C(CC)N1C. The van der Waals surface area contributed by atoms with E-state index in [9.17, 15) is 33.3 Å². The molecule has 1 amide bonds. The number of nitrogens with one attached hydrogen (secondary N) is 2. The predicted molar refractivity (Wildman–Crippen MR) is 176 cm³/mol. The van der Waals surface area contributed by atoms with Crippen molar-refractivity contribution < 1.29 is 67.0 Å². The second-order valence-electron chi connectivity index (χ2n) is 12.4. The largest absolute Gasteiger partial charge is 0.454 e. The average molecular weight is 778 g/mol. The van der Waals surface area contributed by atoms with E-state index >= 15 is 4.39 Å². The lowest BCUT2D eigenvalue weighted by atomic mass is 9.87. The first-order chi connectivity index (χ1) is 24.8. The predicted octanol–water partition coefficient (Wildman–Crippen LogP) is 1.77. The molecule has 5 rings (SSSR count). The molecule has 22 heteroatoms. The lowest BCUT2D eigenvalue weighted by molar-refractivity contribution is -0.454. The number of alkyl halides is 4. The van der Waals surface area contributed by atoms with Gasteiger partial charge in [0, 0.05) is 18.3 Å². The number of hydrogen-bond donors (Lipinski definition) is 8. The molecule has 4 unspecified atom stereocenters. The molecule has 0 radical (unpaired) electrons. The molecule has 4 heterocycles. The molecule has 0 saturated carbocycles. The van der Waals surface area contributed by atoms with E-state index < -0.39 is 67.6 Å². The molecule has 292 valence electrons. The third-order valence-corrected chi connectivity index (χ3v) is 9.97. The van der Waals surface area contributed by atoms with Gasteiger partial charge in [0.2, 0.25) is 11.7 Å². The molecule has 0 spiro atoms. The van der Waals surface area contributed by atoms with Crippen molar-refractivity contribution in [2.75, 3.05) is 19.0 Å². The maximum absolute atomic E-state index is 15.8. The smallest absolute Gasteiger partial charge is 0.396 e. The number of thiophene rings is 1. The minimum absolute atomic E-state index is 0.0490. The number of hydrogen-bond acceptors (Lipinski definition) is 16. The standard InChI is InChI=1S/C31H39F4N7O10S/c1-4-15-11-20(23(32)21(5-2)41(15)3)37-19-8-6-7-16-17(12-29(33,34)35)25(53-24(16)19)26-38-22(52-40-26)13-36-27(43)18-14-42(9-10-50-30(44,45)46)39-28(18)51-31(47,48)49/h6-8,14-15,20-21,23,37,44-49H,4-5,9-13H2,1-3H3,(H,36,43). The Hall–Kier alpha value is -4.00. The molecular formula is C31H39F4N7O10S. The number of likely N-dealkylation sites (tertiary alicyclic amines) is 1. The van der Waals surface area contributed by atoms with Crippen LogP contribution in [-0.2, 0) is 24.2 Å². The zero-order valence-corrected chi connectivity index (χ0v) is 29.4. The fraction of sp³-hybridized carbons (Fsp3) is 0.548. The zero-order valence-electron chi connectivity index (χ0n) is 28.5. The topological polar surface area (TPSA) is 241 Å². The van der Waals surface area contributed by atoms with Crippen LogP contribution in [-0.4, -0.2) is 118 Å². The number of piperidine rings is 1. The molecule has 0 bridgehead atoms. The third-order valence-electron chi connectivity index (χ3n) is 8.70. The van der Waals surface area contributed by atoms with Crippen LogP contribution in [0.15, 0.2) is 28.9 Å². The summed E-state index contributed by atoms with van der Waals surface area (Å²) in [6, 6.07) is 4.01. The number of rotatable bonds is 15. The van der Waals surface area contributed by atoms with Crippen molar-refractivity contribution in [3.05, 3.63) is 41.4 Å². The van der Waals surface area contributed by atoms with Crippen LogP contribution in [0.2, 0.25) is 0 Å². The summed E-state index contributed by atoms with van der Waals surface area (Å²) in [6.45, 7) is 2.54. The van der Waals surface area contributed by atoms with E-state index in [1.807, 2.05) is 25.8 Å². The monoisotopic (exact) mass is 777 g/mol. The van der Waals surface area contributed by atoms with E-state index in [1.54, 1.807) is 12.1 Å². The Morgan fingerprint density at radius 2 is 1.85 bits per heavy atom. The number of fused-ring (bicyclic) bond motifs is 1. The number of aromatic nitrogens is 4. The van der Waals surface area contributed by atoms with Crippen LogP contribution < -0.4 is 15.4 Å². The summed E-state index contributed by atoms with van der Waals surface area (Å²) in [5.41, 5.74) is -0.136. The average Bonchev–Trinajstić information content (AvgIpc) is 3.77. The van der Waals surface area contributed by atoms with E-state index in [-0.39, 0.29) is 46.2 Å². The first-order valence-electron chi connectivity index (χ1n) is 16.4. The van der Waals surface area contributed by atoms with E-state index in [1.165, 1.54) is 6.07 Å². The molecule has 1 saturated heterocycles. The molecule has 1 fully saturated rings. The molecule has 53 heavy (non-hydrogen) atoms. The Morgan fingerprint density at radius 1 is 1.11 bits per heavy atom. The van der Waals surface area contributed by atoms with Gasteiger partial charge in [-0.05, 0) is 43.3 Å². The van der Waals surface area contributed by atoms with Crippen LogP contribution in [0.1, 0.15) is 54.9 Å². The summed E-state index contributed by atoms with van der Waals surface area (Å²) in [6.07, 6.45) is -11.5. The van der Waals surface area contributed by atoms with Crippen LogP contribution in [0.3, 0.4) is 0 Å². The van der Waals surface area contributed by atoms with Gasteiger partial charge in [-0.1, -0.05) is 31.1 Å². The van der Waals surface area contributed by atoms with Crippen molar-refractivity contribution in [2.45, 2.75) is 95.4 Å². The molecule has 1 aliphatic heterocycles. The Balaban J connectivity index is 1.39. The fourth-order valence-electron chi connectivity index (χ4n) is 6.32. The molecular weight excluding hydrogens is 738 g/mol. The number of nitrogens with zero attached hydrogens (tertiary/aromatic N) is 5. The molecule has 4 aromatic rings. The van der Waals surface area contributed by atoms with Crippen LogP contribution in [0.4, 0.5) is 23.2 Å². The van der Waals surface area contributed by atoms with Crippen molar-refractivity contribution in [1.29, 1.82) is 0 Å². The van der Waals surface area contributed by atoms with Gasteiger partial charge in [-0.3, -0.25) is 14.4 Å². The fourth-order valence-corrected chi connectivity index (χ4v) is 7.55. The quantitative estimate of drug-likeness (QED) is 0.0634. The van der Waals surface area contributed by atoms with Crippen molar-refractivity contribution in [2.24, 2.45) is 0 Å².